The van der Waals surface area contributed by atoms with E-state index in [1.54, 1.807) is 0 Å². The second-order valence-electron chi connectivity index (χ2n) is 6.04. The zero-order chi connectivity index (χ0) is 17.6. The number of hydrogen-bond acceptors (Lipinski definition) is 4. The molecule has 0 radical (unpaired) electrons. The molecule has 3 rings (SSSR count). The van der Waals surface area contributed by atoms with Crippen LogP contribution < -0.4 is 24.8 Å². The van der Waals surface area contributed by atoms with E-state index in [9.17, 15) is 4.79 Å². The number of rotatable bonds is 6. The summed E-state index contributed by atoms with van der Waals surface area (Å²) in [4.78, 5) is 12.0. The van der Waals surface area contributed by atoms with Crippen molar-refractivity contribution in [2.45, 2.75) is 26.4 Å². The molecule has 25 heavy (non-hydrogen) atoms. The topological polar surface area (TPSA) is 68.8 Å². The number of benzene rings is 2. The second kappa shape index (κ2) is 7.79. The molecule has 1 heterocycles. The molecule has 0 aliphatic carbocycles. The molecule has 132 valence electrons. The van der Waals surface area contributed by atoms with Crippen molar-refractivity contribution in [1.29, 1.82) is 0 Å². The summed E-state index contributed by atoms with van der Waals surface area (Å²) in [5.74, 6) is 2.24. The van der Waals surface area contributed by atoms with Crippen molar-refractivity contribution in [3.05, 3.63) is 53.6 Å². The Balaban J connectivity index is 1.41. The van der Waals surface area contributed by atoms with E-state index in [-0.39, 0.29) is 18.9 Å². The van der Waals surface area contributed by atoms with Gasteiger partial charge in [0.25, 0.3) is 0 Å². The number of amides is 2. The van der Waals surface area contributed by atoms with Crippen LogP contribution in [0.4, 0.5) is 4.79 Å². The lowest BCUT2D eigenvalue weighted by Gasteiger charge is -2.16. The van der Waals surface area contributed by atoms with Crippen LogP contribution in [-0.4, -0.2) is 25.5 Å². The second-order valence-corrected chi connectivity index (χ2v) is 6.04. The molecule has 0 saturated carbocycles. The van der Waals surface area contributed by atoms with Crippen LogP contribution >= 0.6 is 0 Å². The van der Waals surface area contributed by atoms with E-state index in [1.165, 1.54) is 0 Å². The maximum absolute atomic E-state index is 12.0. The van der Waals surface area contributed by atoms with Crippen LogP contribution in [0.15, 0.2) is 42.5 Å². The fraction of sp³-hybridized carbons (Fsp3) is 0.316. The average molecular weight is 342 g/mol. The lowest BCUT2D eigenvalue weighted by Crippen LogP contribution is -2.42. The van der Waals surface area contributed by atoms with Gasteiger partial charge in [-0.05, 0) is 49.2 Å². The van der Waals surface area contributed by atoms with Crippen LogP contribution in [0.5, 0.6) is 17.2 Å². The van der Waals surface area contributed by atoms with Gasteiger partial charge in [0.05, 0.1) is 6.04 Å². The molecule has 0 spiro atoms. The Bertz CT molecular complexity index is 748. The van der Waals surface area contributed by atoms with Gasteiger partial charge < -0.3 is 24.8 Å². The zero-order valence-electron chi connectivity index (χ0n) is 14.4. The van der Waals surface area contributed by atoms with Crippen molar-refractivity contribution in [1.82, 2.24) is 10.6 Å². The predicted molar refractivity (Wildman–Crippen MR) is 94.1 cm³/mol. The van der Waals surface area contributed by atoms with E-state index in [0.29, 0.717) is 18.9 Å². The number of nitrogens with one attached hydrogen (secondary N) is 2. The Morgan fingerprint density at radius 2 is 2.04 bits per heavy atom. The van der Waals surface area contributed by atoms with Gasteiger partial charge in [0, 0.05) is 6.54 Å². The molecule has 6 nitrogen and oxygen atoms in total. The van der Waals surface area contributed by atoms with Gasteiger partial charge in [-0.1, -0.05) is 18.2 Å². The molecule has 0 saturated heterocycles. The van der Waals surface area contributed by atoms with Crippen LogP contribution in [-0.2, 0) is 6.54 Å². The predicted octanol–water partition coefficient (Wildman–Crippen LogP) is 2.99. The van der Waals surface area contributed by atoms with E-state index >= 15 is 0 Å². The number of ether oxygens (including phenoxy) is 3. The molecule has 0 unspecified atom stereocenters. The minimum absolute atomic E-state index is 0.114. The molecule has 0 bridgehead atoms. The summed E-state index contributed by atoms with van der Waals surface area (Å²) in [5, 5.41) is 5.68. The number of aryl methyl sites for hydroxylation is 1. The van der Waals surface area contributed by atoms with Gasteiger partial charge in [-0.15, -0.1) is 0 Å². The third kappa shape index (κ3) is 4.79. The number of carbonyl (C=O) groups excluding carboxylic acids is 1. The molecular weight excluding hydrogens is 320 g/mol. The van der Waals surface area contributed by atoms with Gasteiger partial charge in [-0.2, -0.15) is 0 Å². The van der Waals surface area contributed by atoms with E-state index in [1.807, 2.05) is 56.3 Å². The van der Waals surface area contributed by atoms with Gasteiger partial charge in [0.1, 0.15) is 12.4 Å². The molecule has 2 N–H and O–H groups in total. The molecule has 1 aliphatic rings. The average Bonchev–Trinajstić information content (AvgIpc) is 3.06. The summed E-state index contributed by atoms with van der Waals surface area (Å²) in [6.07, 6.45) is 0. The fourth-order valence-electron chi connectivity index (χ4n) is 2.48. The van der Waals surface area contributed by atoms with Crippen LogP contribution in [0.1, 0.15) is 18.1 Å². The Hall–Kier alpha value is -2.89. The van der Waals surface area contributed by atoms with E-state index in [2.05, 4.69) is 10.6 Å². The first-order valence-corrected chi connectivity index (χ1v) is 8.22. The number of urea groups is 1. The first-order chi connectivity index (χ1) is 12.1. The van der Waals surface area contributed by atoms with Crippen molar-refractivity contribution in [2.24, 2.45) is 0 Å². The quantitative estimate of drug-likeness (QED) is 0.847. The van der Waals surface area contributed by atoms with Crippen LogP contribution in [0.25, 0.3) is 0 Å². The number of hydrogen-bond donors (Lipinski definition) is 2. The smallest absolute Gasteiger partial charge is 0.315 e. The van der Waals surface area contributed by atoms with Crippen molar-refractivity contribution >= 4 is 6.03 Å². The van der Waals surface area contributed by atoms with Gasteiger partial charge >= 0.3 is 6.03 Å². The highest BCUT2D eigenvalue weighted by Gasteiger charge is 2.14. The first kappa shape index (κ1) is 17.0. The molecule has 1 aliphatic heterocycles. The van der Waals surface area contributed by atoms with Crippen LogP contribution in [0.2, 0.25) is 0 Å². The van der Waals surface area contributed by atoms with Crippen molar-refractivity contribution in [3.63, 3.8) is 0 Å². The highest BCUT2D eigenvalue weighted by Crippen LogP contribution is 2.32. The largest absolute Gasteiger partial charge is 0.491 e. The number of fused-ring (bicyclic) bond motifs is 1. The minimum Gasteiger partial charge on any atom is -0.491 e. The standard InChI is InChI=1S/C19H22N2O4/c1-13-4-3-5-16(8-13)23-11-14(2)21-19(22)20-10-15-6-7-17-18(9-15)25-12-24-17/h3-9,14H,10-12H2,1-2H3,(H2,20,21,22)/t14-/m1/s1. The molecule has 2 amide bonds. The Kier molecular flexibility index (Phi) is 5.28. The number of carbonyl (C=O) groups is 1. The maximum Gasteiger partial charge on any atom is 0.315 e. The van der Waals surface area contributed by atoms with Gasteiger partial charge in [-0.25, -0.2) is 4.79 Å². The van der Waals surface area contributed by atoms with Crippen molar-refractivity contribution in [3.8, 4) is 17.2 Å². The Morgan fingerprint density at radius 1 is 1.20 bits per heavy atom. The van der Waals surface area contributed by atoms with E-state index < -0.39 is 0 Å². The molecule has 6 heteroatoms. The highest BCUT2D eigenvalue weighted by atomic mass is 16.7. The van der Waals surface area contributed by atoms with Gasteiger partial charge in [-0.3, -0.25) is 0 Å². The molecule has 2 aromatic carbocycles. The van der Waals surface area contributed by atoms with E-state index in [0.717, 1.165) is 22.6 Å². The SMILES string of the molecule is Cc1cccc(OC[C@@H](C)NC(=O)NCc2ccc3c(c2)OCO3)c1. The van der Waals surface area contributed by atoms with Crippen molar-refractivity contribution in [2.75, 3.05) is 13.4 Å². The monoisotopic (exact) mass is 342 g/mol. The maximum atomic E-state index is 12.0. The summed E-state index contributed by atoms with van der Waals surface area (Å²) in [6, 6.07) is 13.1. The summed E-state index contributed by atoms with van der Waals surface area (Å²) in [6.45, 7) is 4.97. The lowest BCUT2D eigenvalue weighted by atomic mass is 10.2. The lowest BCUT2D eigenvalue weighted by molar-refractivity contribution is 0.174. The highest BCUT2D eigenvalue weighted by molar-refractivity contribution is 5.74. The fourth-order valence-corrected chi connectivity index (χ4v) is 2.48. The molecule has 0 fully saturated rings. The summed E-state index contributed by atoms with van der Waals surface area (Å²) < 4.78 is 16.3. The van der Waals surface area contributed by atoms with Gasteiger partial charge in [0.2, 0.25) is 6.79 Å². The van der Waals surface area contributed by atoms with Crippen LogP contribution in [0.3, 0.4) is 0 Å². The summed E-state index contributed by atoms with van der Waals surface area (Å²) in [7, 11) is 0. The molecule has 2 aromatic rings. The Labute approximate surface area is 147 Å². The van der Waals surface area contributed by atoms with E-state index in [4.69, 9.17) is 14.2 Å². The first-order valence-electron chi connectivity index (χ1n) is 8.22. The van der Waals surface area contributed by atoms with Crippen molar-refractivity contribution < 1.29 is 19.0 Å². The summed E-state index contributed by atoms with van der Waals surface area (Å²) in [5.41, 5.74) is 2.09. The van der Waals surface area contributed by atoms with Gasteiger partial charge in [0.15, 0.2) is 11.5 Å². The molecular formula is C19H22N2O4. The van der Waals surface area contributed by atoms with Crippen LogP contribution in [0, 0.1) is 6.92 Å². The third-order valence-corrected chi connectivity index (χ3v) is 3.76. The third-order valence-electron chi connectivity index (χ3n) is 3.76. The summed E-state index contributed by atoms with van der Waals surface area (Å²) >= 11 is 0. The Morgan fingerprint density at radius 3 is 2.88 bits per heavy atom. The minimum atomic E-state index is -0.238. The zero-order valence-corrected chi connectivity index (χ0v) is 14.4. The molecule has 1 atom stereocenters. The normalized spacial score (nSPS) is 13.2. The molecule has 0 aromatic heterocycles.